The molecule has 8 heteroatoms. The van der Waals surface area contributed by atoms with Gasteiger partial charge in [-0.05, 0) is 55.0 Å². The number of benzene rings is 4. The van der Waals surface area contributed by atoms with Crippen LogP contribution in [-0.2, 0) is 20.4 Å². The number of carbonyl (C=O) groups excluding carboxylic acids is 1. The number of halogens is 1. The lowest BCUT2D eigenvalue weighted by atomic mass is 9.76. The molecule has 2 atom stereocenters. The van der Waals surface area contributed by atoms with Crippen molar-refractivity contribution >= 4 is 49.9 Å². The highest BCUT2D eigenvalue weighted by Gasteiger charge is 2.67. The highest BCUT2D eigenvalue weighted by molar-refractivity contribution is 7.93. The van der Waals surface area contributed by atoms with Crippen LogP contribution in [0.25, 0.3) is 11.0 Å². The Balaban J connectivity index is 1.64. The molecule has 2 unspecified atom stereocenters. The van der Waals surface area contributed by atoms with Gasteiger partial charge in [0.2, 0.25) is 0 Å². The minimum absolute atomic E-state index is 0.0904. The number of sulfonamides is 1. The van der Waals surface area contributed by atoms with Crippen LogP contribution < -0.4 is 9.62 Å². The number of rotatable bonds is 3. The third-order valence-corrected chi connectivity index (χ3v) is 9.56. The highest BCUT2D eigenvalue weighted by Crippen LogP contribution is 2.63. The van der Waals surface area contributed by atoms with E-state index in [-0.39, 0.29) is 4.90 Å². The van der Waals surface area contributed by atoms with Crippen molar-refractivity contribution in [2.75, 3.05) is 9.62 Å². The Bertz CT molecular complexity index is 1860. The maximum absolute atomic E-state index is 14.7. The maximum atomic E-state index is 14.7. The van der Waals surface area contributed by atoms with Crippen molar-refractivity contribution in [3.05, 3.63) is 125 Å². The molecule has 0 radical (unpaired) electrons. The van der Waals surface area contributed by atoms with Crippen LogP contribution >= 0.6 is 11.6 Å². The van der Waals surface area contributed by atoms with Gasteiger partial charge in [0.1, 0.15) is 17.0 Å². The van der Waals surface area contributed by atoms with Crippen LogP contribution in [0.5, 0.6) is 0 Å². The molecule has 0 saturated carbocycles. The molecule has 1 spiro atoms. The third kappa shape index (κ3) is 2.94. The van der Waals surface area contributed by atoms with E-state index in [2.05, 4.69) is 5.32 Å². The van der Waals surface area contributed by atoms with Gasteiger partial charge in [-0.15, -0.1) is 0 Å². The lowest BCUT2D eigenvalue weighted by Gasteiger charge is -2.38. The maximum Gasteiger partial charge on any atom is 0.265 e. The van der Waals surface area contributed by atoms with E-state index in [4.69, 9.17) is 16.0 Å². The van der Waals surface area contributed by atoms with Crippen molar-refractivity contribution in [3.63, 3.8) is 0 Å². The second-order valence-electron chi connectivity index (χ2n) is 9.64. The first kappa shape index (κ1) is 23.1. The van der Waals surface area contributed by atoms with Gasteiger partial charge in [0, 0.05) is 21.7 Å². The molecule has 38 heavy (non-hydrogen) atoms. The molecule has 0 aliphatic carbocycles. The lowest BCUT2D eigenvalue weighted by Crippen LogP contribution is -2.54. The second kappa shape index (κ2) is 7.96. The van der Waals surface area contributed by atoms with Gasteiger partial charge in [0.15, 0.2) is 5.54 Å². The van der Waals surface area contributed by atoms with Gasteiger partial charge in [-0.25, -0.2) is 12.7 Å². The number of fused-ring (bicyclic) bond motifs is 5. The summed E-state index contributed by atoms with van der Waals surface area (Å²) in [4.78, 5) is 14.4. The van der Waals surface area contributed by atoms with Gasteiger partial charge in [0.25, 0.3) is 15.9 Å². The number of nitrogens with zero attached hydrogens (tertiary/aromatic N) is 1. The van der Waals surface area contributed by atoms with E-state index in [1.807, 2.05) is 55.5 Å². The summed E-state index contributed by atoms with van der Waals surface area (Å²) in [5, 5.41) is 4.11. The van der Waals surface area contributed by atoms with Crippen molar-refractivity contribution in [2.24, 2.45) is 0 Å². The van der Waals surface area contributed by atoms with Crippen molar-refractivity contribution in [1.82, 2.24) is 0 Å². The molecule has 3 heterocycles. The minimum Gasteiger partial charge on any atom is -0.458 e. The summed E-state index contributed by atoms with van der Waals surface area (Å²) < 4.78 is 37.1. The van der Waals surface area contributed by atoms with Crippen LogP contribution in [0.2, 0.25) is 5.02 Å². The summed E-state index contributed by atoms with van der Waals surface area (Å²) in [5.74, 6) is -0.799. The molecule has 7 rings (SSSR count). The number of para-hydroxylation sites is 2. The average molecular weight is 541 g/mol. The zero-order chi connectivity index (χ0) is 26.2. The summed E-state index contributed by atoms with van der Waals surface area (Å²) in [6, 6.07) is 28.3. The van der Waals surface area contributed by atoms with Gasteiger partial charge in [0.05, 0.1) is 10.8 Å². The fourth-order valence-electron chi connectivity index (χ4n) is 5.87. The molecule has 2 aliphatic heterocycles. The van der Waals surface area contributed by atoms with Gasteiger partial charge in [-0.2, -0.15) is 0 Å². The predicted molar refractivity (Wildman–Crippen MR) is 147 cm³/mol. The molecule has 5 aromatic rings. The first-order valence-electron chi connectivity index (χ1n) is 12.1. The average Bonchev–Trinajstić information content (AvgIpc) is 3.52. The zero-order valence-corrected chi connectivity index (χ0v) is 21.8. The van der Waals surface area contributed by atoms with Crippen molar-refractivity contribution in [1.29, 1.82) is 0 Å². The quantitative estimate of drug-likeness (QED) is 0.280. The SMILES string of the molecule is Cc1ccc(S(=O)(=O)N2c3c(oc4ccccc34)C(c3ccc(Cl)cc3)C23C(=O)Nc2ccccc23)cc1. The summed E-state index contributed by atoms with van der Waals surface area (Å²) in [7, 11) is -4.26. The van der Waals surface area contributed by atoms with Crippen LogP contribution in [0.3, 0.4) is 0 Å². The summed E-state index contributed by atoms with van der Waals surface area (Å²) in [5.41, 5.74) is 2.02. The molecule has 2 aliphatic rings. The first-order chi connectivity index (χ1) is 18.3. The Morgan fingerprint density at radius 2 is 1.58 bits per heavy atom. The van der Waals surface area contributed by atoms with Crippen molar-refractivity contribution in [2.45, 2.75) is 23.3 Å². The van der Waals surface area contributed by atoms with E-state index in [0.717, 1.165) is 5.56 Å². The molecular weight excluding hydrogens is 520 g/mol. The number of hydrogen-bond donors (Lipinski definition) is 1. The summed E-state index contributed by atoms with van der Waals surface area (Å²) >= 11 is 6.23. The number of aryl methyl sites for hydroxylation is 1. The topological polar surface area (TPSA) is 79.6 Å². The molecule has 1 N–H and O–H groups in total. The second-order valence-corrected chi connectivity index (χ2v) is 11.9. The van der Waals surface area contributed by atoms with E-state index in [1.165, 1.54) is 4.31 Å². The Morgan fingerprint density at radius 3 is 2.34 bits per heavy atom. The Labute approximate surface area is 224 Å². The number of anilines is 2. The molecular formula is C30H21ClN2O4S. The predicted octanol–water partition coefficient (Wildman–Crippen LogP) is 6.58. The molecule has 0 saturated heterocycles. The number of nitrogens with one attached hydrogen (secondary N) is 1. The first-order valence-corrected chi connectivity index (χ1v) is 14.0. The van der Waals surface area contributed by atoms with Gasteiger partial charge in [-0.1, -0.05) is 71.8 Å². The number of carbonyl (C=O) groups is 1. The van der Waals surface area contributed by atoms with Gasteiger partial charge in [-0.3, -0.25) is 4.79 Å². The minimum atomic E-state index is -4.26. The monoisotopic (exact) mass is 540 g/mol. The Morgan fingerprint density at radius 1 is 0.895 bits per heavy atom. The van der Waals surface area contributed by atoms with E-state index >= 15 is 0 Å². The lowest BCUT2D eigenvalue weighted by molar-refractivity contribution is -0.120. The number of hydrogen-bond acceptors (Lipinski definition) is 4. The van der Waals surface area contributed by atoms with Crippen LogP contribution in [-0.4, -0.2) is 14.3 Å². The fourth-order valence-corrected chi connectivity index (χ4v) is 7.78. The van der Waals surface area contributed by atoms with Crippen LogP contribution in [0.15, 0.2) is 106 Å². The molecule has 0 fully saturated rings. The van der Waals surface area contributed by atoms with Crippen LogP contribution in [0, 0.1) is 6.92 Å². The summed E-state index contributed by atoms with van der Waals surface area (Å²) in [6.07, 6.45) is 0. The standard InChI is InChI=1S/C30H21ClN2O4S/c1-18-10-16-21(17-11-18)38(35,36)33-27-22-6-2-5-9-25(22)37-28(27)26(19-12-14-20(31)15-13-19)30(33)23-7-3-4-8-24(23)32-29(30)34/h2-17,26H,1H3,(H,32,34). The third-order valence-electron chi connectivity index (χ3n) is 7.49. The van der Waals surface area contributed by atoms with E-state index in [0.29, 0.717) is 44.3 Å². The fraction of sp³-hybridized carbons (Fsp3) is 0.100. The van der Waals surface area contributed by atoms with Crippen molar-refractivity contribution < 1.29 is 17.6 Å². The van der Waals surface area contributed by atoms with E-state index in [1.54, 1.807) is 48.5 Å². The molecule has 4 aromatic carbocycles. The van der Waals surface area contributed by atoms with Crippen LogP contribution in [0.1, 0.15) is 28.4 Å². The largest absolute Gasteiger partial charge is 0.458 e. The van der Waals surface area contributed by atoms with E-state index in [9.17, 15) is 13.2 Å². The smallest absolute Gasteiger partial charge is 0.265 e. The molecule has 0 bridgehead atoms. The molecule has 6 nitrogen and oxygen atoms in total. The number of amides is 1. The van der Waals surface area contributed by atoms with Crippen molar-refractivity contribution in [3.8, 4) is 0 Å². The summed E-state index contributed by atoms with van der Waals surface area (Å²) in [6.45, 7) is 1.90. The van der Waals surface area contributed by atoms with Gasteiger partial charge < -0.3 is 9.73 Å². The number of furan rings is 1. The molecule has 1 amide bonds. The zero-order valence-electron chi connectivity index (χ0n) is 20.2. The Hall–Kier alpha value is -4.07. The van der Waals surface area contributed by atoms with Gasteiger partial charge >= 0.3 is 0 Å². The molecule has 188 valence electrons. The Kier molecular flexibility index (Phi) is 4.84. The van der Waals surface area contributed by atoms with Crippen LogP contribution in [0.4, 0.5) is 11.4 Å². The van der Waals surface area contributed by atoms with E-state index < -0.39 is 27.4 Å². The highest BCUT2D eigenvalue weighted by atomic mass is 35.5. The normalized spacial score (nSPS) is 20.1. The molecule has 1 aromatic heterocycles.